The van der Waals surface area contributed by atoms with Gasteiger partial charge in [0.15, 0.2) is 17.5 Å². The minimum atomic E-state index is -0.562. The Labute approximate surface area is 384 Å². The van der Waals surface area contributed by atoms with Gasteiger partial charge in [-0.2, -0.15) is 0 Å². The maximum atomic E-state index is 5.04. The third-order valence-corrected chi connectivity index (χ3v) is 13.0. The molecule has 12 rings (SSSR count). The Morgan fingerprint density at radius 2 is 0.652 bits per heavy atom. The number of rotatable bonds is 9. The van der Waals surface area contributed by atoms with Gasteiger partial charge < -0.3 is 4.90 Å². The molecule has 0 fully saturated rings. The normalized spacial score (nSPS) is 12.4. The van der Waals surface area contributed by atoms with Crippen LogP contribution in [0.3, 0.4) is 0 Å². The molecule has 310 valence electrons. The third kappa shape index (κ3) is 6.75. The van der Waals surface area contributed by atoms with Crippen molar-refractivity contribution in [3.05, 3.63) is 277 Å². The van der Waals surface area contributed by atoms with Gasteiger partial charge in [0.2, 0.25) is 0 Å². The average molecular weight is 843 g/mol. The summed E-state index contributed by atoms with van der Waals surface area (Å²) in [6.07, 6.45) is 0. The Bertz CT molecular complexity index is 3390. The zero-order chi connectivity index (χ0) is 43.9. The molecule has 0 unspecified atom stereocenters. The highest BCUT2D eigenvalue weighted by atomic mass is 15.1. The monoisotopic (exact) mass is 842 g/mol. The minimum absolute atomic E-state index is 0.562. The molecule has 0 spiro atoms. The summed E-state index contributed by atoms with van der Waals surface area (Å²) in [6.45, 7) is 0. The summed E-state index contributed by atoms with van der Waals surface area (Å²) in [5.41, 5.74) is 15.3. The van der Waals surface area contributed by atoms with E-state index in [4.69, 9.17) is 15.0 Å². The summed E-state index contributed by atoms with van der Waals surface area (Å²) >= 11 is 0. The van der Waals surface area contributed by atoms with Crippen LogP contribution in [0.1, 0.15) is 22.3 Å². The largest absolute Gasteiger partial charge is 0.310 e. The lowest BCUT2D eigenvalue weighted by Crippen LogP contribution is -2.28. The van der Waals surface area contributed by atoms with Gasteiger partial charge in [0.05, 0.1) is 5.41 Å². The molecule has 66 heavy (non-hydrogen) atoms. The van der Waals surface area contributed by atoms with Crippen LogP contribution >= 0.6 is 0 Å². The van der Waals surface area contributed by atoms with E-state index in [0.29, 0.717) is 17.5 Å². The molecule has 1 aliphatic rings. The van der Waals surface area contributed by atoms with E-state index in [9.17, 15) is 0 Å². The van der Waals surface area contributed by atoms with E-state index in [1.54, 1.807) is 0 Å². The zero-order valence-electron chi connectivity index (χ0n) is 36.0. The first kappa shape index (κ1) is 38.9. The molecule has 0 N–H and O–H groups in total. The van der Waals surface area contributed by atoms with Crippen LogP contribution in [0.5, 0.6) is 0 Å². The smallest absolute Gasteiger partial charge is 0.164 e. The first-order valence-corrected chi connectivity index (χ1v) is 22.4. The fraction of sp³-hybridized carbons (Fsp3) is 0.0161. The van der Waals surface area contributed by atoms with Crippen molar-refractivity contribution < 1.29 is 0 Å². The number of anilines is 3. The van der Waals surface area contributed by atoms with Crippen molar-refractivity contribution in [3.63, 3.8) is 0 Å². The first-order chi connectivity index (χ1) is 32.7. The van der Waals surface area contributed by atoms with E-state index >= 15 is 0 Å². The Morgan fingerprint density at radius 3 is 1.18 bits per heavy atom. The highest BCUT2D eigenvalue weighted by Gasteiger charge is 2.45. The second kappa shape index (κ2) is 16.4. The maximum Gasteiger partial charge on any atom is 0.164 e. The minimum Gasteiger partial charge on any atom is -0.310 e. The SMILES string of the molecule is c1ccc(-c2nc(-c3ccccc3)nc(-c3ccc(C4(c5ccc(-c6ccc(N(c7ccccc7)c7ccc8ccccc8c7)cc6)cc5)c5ccccc5-c5ccccc54)cc3)n2)cc1. The van der Waals surface area contributed by atoms with Crippen molar-refractivity contribution in [2.75, 3.05) is 4.90 Å². The van der Waals surface area contributed by atoms with E-state index in [1.807, 2.05) is 60.7 Å². The Kier molecular flexibility index (Phi) is 9.69. The molecule has 10 aromatic carbocycles. The van der Waals surface area contributed by atoms with Gasteiger partial charge in [-0.1, -0.05) is 218 Å². The van der Waals surface area contributed by atoms with E-state index in [0.717, 1.165) is 44.9 Å². The van der Waals surface area contributed by atoms with Gasteiger partial charge >= 0.3 is 0 Å². The predicted molar refractivity (Wildman–Crippen MR) is 271 cm³/mol. The van der Waals surface area contributed by atoms with Crippen LogP contribution in [0, 0.1) is 0 Å². The van der Waals surface area contributed by atoms with Gasteiger partial charge in [-0.25, -0.2) is 15.0 Å². The fourth-order valence-corrected chi connectivity index (χ4v) is 9.89. The van der Waals surface area contributed by atoms with Gasteiger partial charge in [0.1, 0.15) is 0 Å². The molecule has 0 saturated heterocycles. The molecular weight excluding hydrogens is 801 g/mol. The number of benzene rings is 10. The lowest BCUT2D eigenvalue weighted by atomic mass is 9.67. The summed E-state index contributed by atoms with van der Waals surface area (Å²) in [6, 6.07) is 90.9. The summed E-state index contributed by atoms with van der Waals surface area (Å²) in [5.74, 6) is 1.92. The van der Waals surface area contributed by atoms with E-state index < -0.39 is 5.41 Å². The van der Waals surface area contributed by atoms with Crippen molar-refractivity contribution in [1.29, 1.82) is 0 Å². The van der Waals surface area contributed by atoms with Crippen LogP contribution < -0.4 is 4.90 Å². The molecule has 0 saturated carbocycles. The fourth-order valence-electron chi connectivity index (χ4n) is 9.89. The summed E-state index contributed by atoms with van der Waals surface area (Å²) < 4.78 is 0. The number of aromatic nitrogens is 3. The van der Waals surface area contributed by atoms with E-state index in [2.05, 4.69) is 199 Å². The van der Waals surface area contributed by atoms with Gasteiger partial charge in [0, 0.05) is 33.8 Å². The van der Waals surface area contributed by atoms with E-state index in [-0.39, 0.29) is 0 Å². The van der Waals surface area contributed by atoms with Crippen LogP contribution in [-0.4, -0.2) is 15.0 Å². The second-order valence-electron chi connectivity index (χ2n) is 16.8. The molecule has 1 heterocycles. The van der Waals surface area contributed by atoms with Gasteiger partial charge in [0.25, 0.3) is 0 Å². The molecule has 1 aromatic heterocycles. The first-order valence-electron chi connectivity index (χ1n) is 22.4. The molecule has 0 aliphatic heterocycles. The van der Waals surface area contributed by atoms with Crippen molar-refractivity contribution in [2.45, 2.75) is 5.41 Å². The standard InChI is InChI=1S/C62H42N4/c1-4-17-46(18-5-1)59-63-60(47-19-6-2-7-20-47)65-61(64-59)48-30-37-51(38-31-48)62(57-26-14-12-24-55(57)56-25-13-15-27-58(56)62)50-35-28-44(29-36-50)45-32-39-53(40-33-45)66(52-22-8-3-9-23-52)54-41-34-43-16-10-11-21-49(43)42-54/h1-42H. The van der Waals surface area contributed by atoms with Crippen LogP contribution in [0.2, 0.25) is 0 Å². The molecule has 11 aromatic rings. The molecular formula is C62H42N4. The number of hydrogen-bond acceptors (Lipinski definition) is 4. The molecule has 0 amide bonds. The van der Waals surface area contributed by atoms with E-state index in [1.165, 1.54) is 44.2 Å². The van der Waals surface area contributed by atoms with Gasteiger partial charge in [-0.3, -0.25) is 0 Å². The maximum absolute atomic E-state index is 5.04. The van der Waals surface area contributed by atoms with Crippen molar-refractivity contribution in [1.82, 2.24) is 15.0 Å². The number of fused-ring (bicyclic) bond motifs is 4. The van der Waals surface area contributed by atoms with Gasteiger partial charge in [-0.05, 0) is 91.7 Å². The Morgan fingerprint density at radius 1 is 0.273 bits per heavy atom. The Balaban J connectivity index is 0.935. The lowest BCUT2D eigenvalue weighted by Gasteiger charge is -2.34. The molecule has 1 aliphatic carbocycles. The van der Waals surface area contributed by atoms with Crippen LogP contribution in [0.15, 0.2) is 255 Å². The zero-order valence-corrected chi connectivity index (χ0v) is 36.0. The molecule has 0 radical (unpaired) electrons. The predicted octanol–water partition coefficient (Wildman–Crippen LogP) is 15.5. The van der Waals surface area contributed by atoms with Crippen molar-refractivity contribution in [2.24, 2.45) is 0 Å². The van der Waals surface area contributed by atoms with Gasteiger partial charge in [-0.15, -0.1) is 0 Å². The quantitative estimate of drug-likeness (QED) is 0.145. The molecule has 4 nitrogen and oxygen atoms in total. The number of nitrogens with zero attached hydrogens (tertiary/aromatic N) is 4. The second-order valence-corrected chi connectivity index (χ2v) is 16.8. The summed E-state index contributed by atoms with van der Waals surface area (Å²) in [5, 5.41) is 2.44. The van der Waals surface area contributed by atoms with Crippen molar-refractivity contribution >= 4 is 27.8 Å². The molecule has 0 atom stereocenters. The Hall–Kier alpha value is -8.73. The highest BCUT2D eigenvalue weighted by Crippen LogP contribution is 2.56. The molecule has 4 heteroatoms. The van der Waals surface area contributed by atoms with Crippen LogP contribution in [-0.2, 0) is 5.41 Å². The average Bonchev–Trinajstić information content (AvgIpc) is 3.71. The van der Waals surface area contributed by atoms with Crippen molar-refractivity contribution in [3.8, 4) is 56.4 Å². The number of para-hydroxylation sites is 1. The summed E-state index contributed by atoms with van der Waals surface area (Å²) in [7, 11) is 0. The third-order valence-electron chi connectivity index (χ3n) is 13.0. The molecule has 0 bridgehead atoms. The number of hydrogen-bond donors (Lipinski definition) is 0. The van der Waals surface area contributed by atoms with Crippen LogP contribution in [0.4, 0.5) is 17.1 Å². The summed E-state index contributed by atoms with van der Waals surface area (Å²) in [4.78, 5) is 17.3. The van der Waals surface area contributed by atoms with Crippen LogP contribution in [0.25, 0.3) is 67.2 Å². The topological polar surface area (TPSA) is 41.9 Å². The highest BCUT2D eigenvalue weighted by molar-refractivity contribution is 5.90. The lowest BCUT2D eigenvalue weighted by molar-refractivity contribution is 0.768.